The summed E-state index contributed by atoms with van der Waals surface area (Å²) >= 11 is 0. The highest BCUT2D eigenvalue weighted by Crippen LogP contribution is 2.50. The molecule has 28 heavy (non-hydrogen) atoms. The van der Waals surface area contributed by atoms with E-state index in [1.807, 2.05) is 19.9 Å². The van der Waals surface area contributed by atoms with Crippen LogP contribution in [0, 0.1) is 29.1 Å². The lowest BCUT2D eigenvalue weighted by Crippen LogP contribution is -2.46. The van der Waals surface area contributed by atoms with Crippen LogP contribution in [0.4, 0.5) is 4.39 Å². The number of pyridine rings is 1. The molecule has 0 aromatic carbocycles. The fraction of sp³-hybridized carbons (Fsp3) is 0.381. The summed E-state index contributed by atoms with van der Waals surface area (Å²) in [5.41, 5.74) is 1.64. The van der Waals surface area contributed by atoms with Gasteiger partial charge >= 0.3 is 0 Å². The van der Waals surface area contributed by atoms with Gasteiger partial charge < -0.3 is 4.74 Å². The van der Waals surface area contributed by atoms with Gasteiger partial charge in [0, 0.05) is 34.7 Å². The summed E-state index contributed by atoms with van der Waals surface area (Å²) in [6, 6.07) is 4.94. The van der Waals surface area contributed by atoms with Gasteiger partial charge in [0.2, 0.25) is 11.8 Å². The molecule has 2 aliphatic rings. The van der Waals surface area contributed by atoms with Crippen molar-refractivity contribution in [3.63, 3.8) is 0 Å². The Kier molecular flexibility index (Phi) is 4.22. The molecular formula is C21H19FN4O2. The van der Waals surface area contributed by atoms with Crippen LogP contribution in [0.15, 0.2) is 30.0 Å². The van der Waals surface area contributed by atoms with E-state index in [1.165, 1.54) is 19.4 Å². The van der Waals surface area contributed by atoms with Gasteiger partial charge in [-0.3, -0.25) is 4.79 Å². The van der Waals surface area contributed by atoms with Crippen LogP contribution in [0.5, 0.6) is 5.88 Å². The van der Waals surface area contributed by atoms with Gasteiger partial charge in [-0.1, -0.05) is 19.9 Å². The Labute approximate surface area is 162 Å². The van der Waals surface area contributed by atoms with E-state index in [-0.39, 0.29) is 23.2 Å². The van der Waals surface area contributed by atoms with Gasteiger partial charge in [0.15, 0.2) is 11.6 Å². The van der Waals surface area contributed by atoms with Crippen molar-refractivity contribution in [1.29, 1.82) is 5.26 Å². The highest BCUT2D eigenvalue weighted by Gasteiger charge is 2.49. The molecule has 0 radical (unpaired) electrons. The zero-order chi connectivity index (χ0) is 20.1. The van der Waals surface area contributed by atoms with E-state index in [0.29, 0.717) is 23.7 Å². The van der Waals surface area contributed by atoms with Crippen LogP contribution >= 0.6 is 0 Å². The molecule has 142 valence electrons. The Morgan fingerprint density at radius 3 is 2.86 bits per heavy atom. The number of Topliss-reactive ketones (excluding diaryl/α,β-unsaturated/α-hetero) is 1. The molecule has 2 aliphatic carbocycles. The molecule has 2 aromatic heterocycles. The van der Waals surface area contributed by atoms with Gasteiger partial charge in [-0.05, 0) is 24.8 Å². The molecular weight excluding hydrogens is 359 g/mol. The van der Waals surface area contributed by atoms with E-state index >= 15 is 0 Å². The van der Waals surface area contributed by atoms with Crippen molar-refractivity contribution in [3.05, 3.63) is 47.2 Å². The van der Waals surface area contributed by atoms with Gasteiger partial charge in [0.25, 0.3) is 0 Å². The lowest BCUT2D eigenvalue weighted by Gasteiger charge is -2.45. The molecule has 2 heterocycles. The molecule has 3 atom stereocenters. The first-order chi connectivity index (χ1) is 13.4. The summed E-state index contributed by atoms with van der Waals surface area (Å²) in [6.07, 6.45) is 4.55. The quantitative estimate of drug-likeness (QED) is 0.746. The minimum atomic E-state index is -0.620. The number of allylic oxidation sites excluding steroid dienone is 2. The molecule has 0 spiro atoms. The third-order valence-corrected chi connectivity index (χ3v) is 5.98. The maximum atomic E-state index is 13.6. The predicted octanol–water partition coefficient (Wildman–Crippen LogP) is 3.18. The second-order valence-corrected chi connectivity index (χ2v) is 7.50. The van der Waals surface area contributed by atoms with Crippen LogP contribution in [0.1, 0.15) is 31.5 Å². The maximum absolute atomic E-state index is 13.6. The van der Waals surface area contributed by atoms with E-state index < -0.39 is 11.4 Å². The number of carbonyl (C=O) groups excluding carboxylic acids is 1. The van der Waals surface area contributed by atoms with Crippen molar-refractivity contribution >= 4 is 5.78 Å². The number of nitriles is 1. The molecule has 6 nitrogen and oxygen atoms in total. The van der Waals surface area contributed by atoms with Crippen molar-refractivity contribution in [2.75, 3.05) is 7.11 Å². The van der Waals surface area contributed by atoms with E-state index in [4.69, 9.17) is 9.72 Å². The van der Waals surface area contributed by atoms with Crippen LogP contribution in [0.25, 0.3) is 11.4 Å². The highest BCUT2D eigenvalue weighted by molar-refractivity contribution is 6.02. The van der Waals surface area contributed by atoms with Crippen LogP contribution in [0.2, 0.25) is 0 Å². The maximum Gasteiger partial charge on any atom is 0.220 e. The lowest BCUT2D eigenvalue weighted by molar-refractivity contribution is -0.121. The topological polar surface area (TPSA) is 88.8 Å². The van der Waals surface area contributed by atoms with Gasteiger partial charge in [0.1, 0.15) is 6.07 Å². The molecule has 0 bridgehead atoms. The first-order valence-electron chi connectivity index (χ1n) is 9.13. The Balaban J connectivity index is 1.97. The van der Waals surface area contributed by atoms with E-state index in [2.05, 4.69) is 9.97 Å². The monoisotopic (exact) mass is 378 g/mol. The molecule has 0 N–H and O–H groups in total. The van der Waals surface area contributed by atoms with E-state index in [9.17, 15) is 14.4 Å². The third-order valence-electron chi connectivity index (χ3n) is 5.98. The van der Waals surface area contributed by atoms with Gasteiger partial charge in [-0.15, -0.1) is 0 Å². The van der Waals surface area contributed by atoms with Crippen LogP contribution in [-0.4, -0.2) is 27.8 Å². The van der Waals surface area contributed by atoms with Crippen LogP contribution < -0.4 is 4.74 Å². The van der Waals surface area contributed by atoms with Crippen molar-refractivity contribution in [3.8, 4) is 23.3 Å². The van der Waals surface area contributed by atoms with Crippen molar-refractivity contribution in [2.45, 2.75) is 32.1 Å². The fourth-order valence-corrected chi connectivity index (χ4v) is 4.58. The molecule has 4 rings (SSSR count). The number of nitrogens with zero attached hydrogens (tertiary/aromatic N) is 4. The van der Waals surface area contributed by atoms with Gasteiger partial charge in [-0.2, -0.15) is 14.6 Å². The zero-order valence-corrected chi connectivity index (χ0v) is 15.9. The molecule has 0 aliphatic heterocycles. The van der Waals surface area contributed by atoms with Crippen LogP contribution in [-0.2, 0) is 16.6 Å². The Hall–Kier alpha value is -3.14. The molecule has 2 aromatic rings. The summed E-state index contributed by atoms with van der Waals surface area (Å²) in [5.74, 6) is -0.230. The standard InChI is InChI=1S/C21H19FN4O2/c1-11-15-5-4-14-18(21(15,2)9-13(10-23)17(11)27)25-19(26-20(14)28-3)12-6-7-24-16(22)8-12/h6-9,11,15H,4-5H2,1-3H3/t11-,15-,21-/m1/s1. The summed E-state index contributed by atoms with van der Waals surface area (Å²) in [7, 11) is 1.54. The number of halogens is 1. The number of carbonyl (C=O) groups is 1. The third kappa shape index (κ3) is 2.60. The molecule has 7 heteroatoms. The summed E-state index contributed by atoms with van der Waals surface area (Å²) in [6.45, 7) is 3.87. The SMILES string of the molecule is COc1nc(-c2ccnc(F)c2)nc2c1CC[C@@H]1[C@@H](C)C(=O)C(C#N)=C[C@@]21C. The predicted molar refractivity (Wildman–Crippen MR) is 98.8 cm³/mol. The van der Waals surface area contributed by atoms with E-state index in [0.717, 1.165) is 17.7 Å². The number of aromatic nitrogens is 3. The Morgan fingerprint density at radius 1 is 1.39 bits per heavy atom. The molecule has 0 saturated heterocycles. The van der Waals surface area contributed by atoms with Gasteiger partial charge in [0.05, 0.1) is 18.4 Å². The number of ketones is 1. The second kappa shape index (κ2) is 6.48. The zero-order valence-electron chi connectivity index (χ0n) is 15.9. The molecule has 0 amide bonds. The summed E-state index contributed by atoms with van der Waals surface area (Å²) < 4.78 is 19.1. The second-order valence-electron chi connectivity index (χ2n) is 7.50. The fourth-order valence-electron chi connectivity index (χ4n) is 4.58. The molecule has 0 unspecified atom stereocenters. The molecule has 0 saturated carbocycles. The Bertz CT molecular complexity index is 1060. The van der Waals surface area contributed by atoms with Crippen molar-refractivity contribution in [1.82, 2.24) is 15.0 Å². The highest BCUT2D eigenvalue weighted by atomic mass is 19.1. The minimum absolute atomic E-state index is 0.0197. The lowest BCUT2D eigenvalue weighted by atomic mass is 9.58. The Morgan fingerprint density at radius 2 is 2.18 bits per heavy atom. The summed E-state index contributed by atoms with van der Waals surface area (Å²) in [4.78, 5) is 25.3. The first-order valence-corrected chi connectivity index (χ1v) is 9.13. The van der Waals surface area contributed by atoms with Crippen LogP contribution in [0.3, 0.4) is 0 Å². The van der Waals surface area contributed by atoms with Crippen molar-refractivity contribution in [2.24, 2.45) is 11.8 Å². The van der Waals surface area contributed by atoms with E-state index in [1.54, 1.807) is 12.1 Å². The first kappa shape index (κ1) is 18.2. The molecule has 0 fully saturated rings. The smallest absolute Gasteiger partial charge is 0.220 e. The summed E-state index contributed by atoms with van der Waals surface area (Å²) in [5, 5.41) is 9.45. The average Bonchev–Trinajstić information content (AvgIpc) is 2.70. The number of methoxy groups -OCH3 is 1. The average molecular weight is 378 g/mol. The normalized spacial score (nSPS) is 26.0. The number of fused-ring (bicyclic) bond motifs is 3. The number of ether oxygens (including phenoxy) is 1. The number of hydrogen-bond donors (Lipinski definition) is 0. The van der Waals surface area contributed by atoms with Crippen molar-refractivity contribution < 1.29 is 13.9 Å². The largest absolute Gasteiger partial charge is 0.481 e. The minimum Gasteiger partial charge on any atom is -0.481 e. The number of hydrogen-bond acceptors (Lipinski definition) is 6. The number of rotatable bonds is 2. The van der Waals surface area contributed by atoms with Gasteiger partial charge in [-0.25, -0.2) is 9.97 Å².